The van der Waals surface area contributed by atoms with E-state index in [9.17, 15) is 19.2 Å². The number of carbonyl (C=O) groups excluding carboxylic acids is 4. The summed E-state index contributed by atoms with van der Waals surface area (Å²) < 4.78 is 4.83. The Balaban J connectivity index is 2.05. The lowest BCUT2D eigenvalue weighted by Crippen LogP contribution is -2.43. The molecule has 2 rings (SSSR count). The minimum absolute atomic E-state index is 0.0207. The molecule has 0 atom stereocenters. The van der Waals surface area contributed by atoms with Crippen LogP contribution in [0.15, 0.2) is 24.3 Å². The van der Waals surface area contributed by atoms with Crippen LogP contribution in [-0.4, -0.2) is 59.7 Å². The largest absolute Gasteiger partial charge is 0.466 e. The fourth-order valence-electron chi connectivity index (χ4n) is 2.62. The van der Waals surface area contributed by atoms with Crippen LogP contribution in [0.25, 0.3) is 0 Å². The summed E-state index contributed by atoms with van der Waals surface area (Å²) in [6.45, 7) is 1.65. The fraction of sp³-hybridized carbons (Fsp3) is 0.389. The second-order valence-electron chi connectivity index (χ2n) is 5.59. The van der Waals surface area contributed by atoms with Crippen molar-refractivity contribution in [1.82, 2.24) is 9.80 Å². The molecule has 1 aliphatic heterocycles. The molecular weight excluding hydrogens is 338 g/mol. The first kappa shape index (κ1) is 19.1. The van der Waals surface area contributed by atoms with E-state index in [0.29, 0.717) is 0 Å². The van der Waals surface area contributed by atoms with E-state index in [-0.39, 0.29) is 43.7 Å². The number of ether oxygens (including phenoxy) is 1. The first-order valence-electron chi connectivity index (χ1n) is 8.25. The van der Waals surface area contributed by atoms with Crippen LogP contribution < -0.4 is 0 Å². The maximum Gasteiger partial charge on any atom is 0.307 e. The number of amides is 3. The van der Waals surface area contributed by atoms with Gasteiger partial charge in [0.2, 0.25) is 5.91 Å². The molecule has 26 heavy (non-hydrogen) atoms. The molecule has 1 aromatic rings. The Bertz CT molecular complexity index is 733. The summed E-state index contributed by atoms with van der Waals surface area (Å²) in [7, 11) is 0. The van der Waals surface area contributed by atoms with Crippen molar-refractivity contribution in [3.8, 4) is 6.07 Å². The predicted octanol–water partition coefficient (Wildman–Crippen LogP) is 0.978. The van der Waals surface area contributed by atoms with Gasteiger partial charge in [-0.1, -0.05) is 12.1 Å². The number of rotatable bonds is 8. The summed E-state index contributed by atoms with van der Waals surface area (Å²) in [4.78, 5) is 50.9. The van der Waals surface area contributed by atoms with Gasteiger partial charge in [0.25, 0.3) is 11.8 Å². The van der Waals surface area contributed by atoms with Gasteiger partial charge < -0.3 is 9.64 Å². The van der Waals surface area contributed by atoms with Crippen molar-refractivity contribution < 1.29 is 23.9 Å². The van der Waals surface area contributed by atoms with Crippen LogP contribution in [0.5, 0.6) is 0 Å². The Morgan fingerprint density at radius 2 is 1.77 bits per heavy atom. The van der Waals surface area contributed by atoms with Gasteiger partial charge >= 0.3 is 5.97 Å². The van der Waals surface area contributed by atoms with E-state index in [1.54, 1.807) is 19.1 Å². The average molecular weight is 357 g/mol. The van der Waals surface area contributed by atoms with E-state index in [1.165, 1.54) is 17.0 Å². The molecule has 0 spiro atoms. The van der Waals surface area contributed by atoms with Crippen LogP contribution in [0.4, 0.5) is 0 Å². The van der Waals surface area contributed by atoms with Crippen LogP contribution in [-0.2, 0) is 14.3 Å². The highest BCUT2D eigenvalue weighted by molar-refractivity contribution is 6.22. The Hall–Kier alpha value is -3.21. The normalized spacial score (nSPS) is 12.5. The summed E-state index contributed by atoms with van der Waals surface area (Å²) in [5, 5.41) is 8.75. The molecule has 8 heteroatoms. The van der Waals surface area contributed by atoms with E-state index in [0.717, 1.165) is 4.90 Å². The lowest BCUT2D eigenvalue weighted by atomic mass is 10.1. The molecule has 3 amide bonds. The SMILES string of the molecule is CCOC(=O)CCN(CCC#N)C(=O)CN1C(=O)c2ccccc2C1=O. The van der Waals surface area contributed by atoms with Crippen LogP contribution >= 0.6 is 0 Å². The third-order valence-corrected chi connectivity index (χ3v) is 3.91. The molecule has 1 aromatic carbocycles. The highest BCUT2D eigenvalue weighted by atomic mass is 16.5. The standard InChI is InChI=1S/C18H19N3O5/c1-2-26-16(23)8-11-20(10-5-9-19)15(22)12-21-17(24)13-6-3-4-7-14(13)18(21)25/h3-4,6-7H,2,5,8,10-12H2,1H3. The average Bonchev–Trinajstić information content (AvgIpc) is 2.87. The molecule has 0 unspecified atom stereocenters. The zero-order valence-corrected chi connectivity index (χ0v) is 14.4. The van der Waals surface area contributed by atoms with Gasteiger partial charge in [0.05, 0.1) is 36.6 Å². The first-order chi connectivity index (χ1) is 12.5. The Morgan fingerprint density at radius 3 is 2.31 bits per heavy atom. The summed E-state index contributed by atoms with van der Waals surface area (Å²) in [5.41, 5.74) is 0.529. The number of benzene rings is 1. The number of imide groups is 1. The second-order valence-corrected chi connectivity index (χ2v) is 5.59. The summed E-state index contributed by atoms with van der Waals surface area (Å²) in [5.74, 6) is -2.00. The maximum atomic E-state index is 12.5. The molecule has 0 N–H and O–H groups in total. The fourth-order valence-corrected chi connectivity index (χ4v) is 2.62. The van der Waals surface area contributed by atoms with Crippen LogP contribution in [0.1, 0.15) is 40.5 Å². The molecule has 1 aliphatic rings. The van der Waals surface area contributed by atoms with E-state index >= 15 is 0 Å². The van der Waals surface area contributed by atoms with Gasteiger partial charge in [-0.2, -0.15) is 5.26 Å². The van der Waals surface area contributed by atoms with Crippen LogP contribution in [0, 0.1) is 11.3 Å². The summed E-state index contributed by atoms with van der Waals surface area (Å²) in [6, 6.07) is 8.30. The van der Waals surface area contributed by atoms with Crippen molar-refractivity contribution in [3.05, 3.63) is 35.4 Å². The van der Waals surface area contributed by atoms with Gasteiger partial charge in [-0.15, -0.1) is 0 Å². The van der Waals surface area contributed by atoms with E-state index in [4.69, 9.17) is 10.00 Å². The van der Waals surface area contributed by atoms with E-state index < -0.39 is 30.2 Å². The van der Waals surface area contributed by atoms with Crippen molar-refractivity contribution in [2.75, 3.05) is 26.2 Å². The number of nitrogens with zero attached hydrogens (tertiary/aromatic N) is 3. The van der Waals surface area contributed by atoms with Crippen molar-refractivity contribution in [3.63, 3.8) is 0 Å². The molecular formula is C18H19N3O5. The third-order valence-electron chi connectivity index (χ3n) is 3.91. The van der Waals surface area contributed by atoms with Crippen molar-refractivity contribution in [2.45, 2.75) is 19.8 Å². The van der Waals surface area contributed by atoms with Crippen LogP contribution in [0.2, 0.25) is 0 Å². The summed E-state index contributed by atoms with van der Waals surface area (Å²) >= 11 is 0. The van der Waals surface area contributed by atoms with Crippen LogP contribution in [0.3, 0.4) is 0 Å². The van der Waals surface area contributed by atoms with Gasteiger partial charge in [-0.25, -0.2) is 0 Å². The second kappa shape index (κ2) is 8.76. The molecule has 0 fully saturated rings. The summed E-state index contributed by atoms with van der Waals surface area (Å²) in [6.07, 6.45) is 0.0593. The Kier molecular flexibility index (Phi) is 6.44. The topological polar surface area (TPSA) is 108 Å². The predicted molar refractivity (Wildman–Crippen MR) is 89.9 cm³/mol. The quantitative estimate of drug-likeness (QED) is 0.507. The molecule has 0 bridgehead atoms. The minimum atomic E-state index is -0.524. The zero-order chi connectivity index (χ0) is 19.1. The zero-order valence-electron chi connectivity index (χ0n) is 14.4. The number of nitriles is 1. The highest BCUT2D eigenvalue weighted by Crippen LogP contribution is 2.22. The van der Waals surface area contributed by atoms with Gasteiger partial charge in [0.15, 0.2) is 0 Å². The molecule has 0 aliphatic carbocycles. The number of esters is 1. The number of hydrogen-bond acceptors (Lipinski definition) is 6. The molecule has 1 heterocycles. The van der Waals surface area contributed by atoms with E-state index in [2.05, 4.69) is 0 Å². The Morgan fingerprint density at radius 1 is 1.15 bits per heavy atom. The number of hydrogen-bond donors (Lipinski definition) is 0. The van der Waals surface area contributed by atoms with Gasteiger partial charge in [0.1, 0.15) is 6.54 Å². The monoisotopic (exact) mass is 357 g/mol. The Labute approximate surface area is 150 Å². The lowest BCUT2D eigenvalue weighted by Gasteiger charge is -2.23. The van der Waals surface area contributed by atoms with Gasteiger partial charge in [0, 0.05) is 13.1 Å². The highest BCUT2D eigenvalue weighted by Gasteiger charge is 2.37. The molecule has 8 nitrogen and oxygen atoms in total. The lowest BCUT2D eigenvalue weighted by molar-refractivity contribution is -0.144. The van der Waals surface area contributed by atoms with Crippen molar-refractivity contribution in [1.29, 1.82) is 5.26 Å². The molecule has 0 saturated carbocycles. The smallest absolute Gasteiger partial charge is 0.307 e. The van der Waals surface area contributed by atoms with Gasteiger partial charge in [-0.05, 0) is 19.1 Å². The minimum Gasteiger partial charge on any atom is -0.466 e. The third kappa shape index (κ3) is 4.25. The van der Waals surface area contributed by atoms with Crippen molar-refractivity contribution in [2.24, 2.45) is 0 Å². The maximum absolute atomic E-state index is 12.5. The number of carbonyl (C=O) groups is 4. The van der Waals surface area contributed by atoms with Gasteiger partial charge in [-0.3, -0.25) is 24.1 Å². The van der Waals surface area contributed by atoms with Crippen molar-refractivity contribution >= 4 is 23.7 Å². The molecule has 0 aromatic heterocycles. The first-order valence-corrected chi connectivity index (χ1v) is 8.25. The molecule has 136 valence electrons. The number of fused-ring (bicyclic) bond motifs is 1. The van der Waals surface area contributed by atoms with E-state index in [1.807, 2.05) is 6.07 Å². The molecule has 0 saturated heterocycles. The molecule has 0 radical (unpaired) electrons.